The quantitative estimate of drug-likeness (QED) is 0.398. The average molecular weight is 569 g/mol. The molecule has 8 nitrogen and oxygen atoms in total. The van der Waals surface area contributed by atoms with Crippen LogP contribution < -0.4 is 4.90 Å². The topological polar surface area (TPSA) is 95.7 Å². The van der Waals surface area contributed by atoms with Gasteiger partial charge in [-0.1, -0.05) is 19.9 Å². The Balaban J connectivity index is 1.33. The number of piperidine rings is 1. The number of alkyl halides is 3. The second-order valence-electron chi connectivity index (χ2n) is 11.3. The van der Waals surface area contributed by atoms with E-state index in [-0.39, 0.29) is 18.7 Å². The van der Waals surface area contributed by atoms with Gasteiger partial charge in [-0.15, -0.1) is 0 Å². The molecule has 11 heteroatoms. The fourth-order valence-electron chi connectivity index (χ4n) is 5.71. The molecule has 0 unspecified atom stereocenters. The predicted octanol–water partition coefficient (Wildman–Crippen LogP) is 5.12. The molecule has 0 atom stereocenters. The van der Waals surface area contributed by atoms with Crippen LogP contribution in [0.1, 0.15) is 48.2 Å². The average Bonchev–Trinajstić information content (AvgIpc) is 3.47. The van der Waals surface area contributed by atoms with Crippen molar-refractivity contribution in [2.24, 2.45) is 11.3 Å². The van der Waals surface area contributed by atoms with Crippen LogP contribution in [0.4, 0.5) is 18.9 Å². The molecule has 2 saturated heterocycles. The van der Waals surface area contributed by atoms with E-state index in [1.807, 2.05) is 11.1 Å². The second-order valence-corrected chi connectivity index (χ2v) is 11.3. The molecule has 5 rings (SSSR count). The number of likely N-dealkylation sites (tertiary alicyclic amines) is 1. The molecule has 0 saturated carbocycles. The number of rotatable bonds is 7. The van der Waals surface area contributed by atoms with Gasteiger partial charge < -0.3 is 10.0 Å². The minimum absolute atomic E-state index is 0.0796. The third-order valence-corrected chi connectivity index (χ3v) is 7.94. The van der Waals surface area contributed by atoms with Gasteiger partial charge in [-0.3, -0.25) is 19.2 Å². The molecule has 1 spiro atoms. The van der Waals surface area contributed by atoms with E-state index in [0.29, 0.717) is 55.2 Å². The summed E-state index contributed by atoms with van der Waals surface area (Å²) in [6.07, 6.45) is -0.189. The number of hydrogen-bond donors (Lipinski definition) is 1. The molecule has 1 aromatic heterocycles. The Labute approximate surface area is 235 Å². The summed E-state index contributed by atoms with van der Waals surface area (Å²) in [6, 6.07) is 9.58. The van der Waals surface area contributed by atoms with Gasteiger partial charge in [0.05, 0.1) is 22.7 Å². The van der Waals surface area contributed by atoms with Crippen molar-refractivity contribution in [1.82, 2.24) is 14.7 Å². The minimum atomic E-state index is -4.48. The molecular formula is C30H31F3N4O4. The normalized spacial score (nSPS) is 17.7. The van der Waals surface area contributed by atoms with Gasteiger partial charge in [0, 0.05) is 37.1 Å². The molecule has 2 aliphatic rings. The number of aromatic carboxylic acids is 1. The van der Waals surface area contributed by atoms with Crippen LogP contribution in [0, 0.1) is 11.3 Å². The van der Waals surface area contributed by atoms with Gasteiger partial charge in [0.25, 0.3) is 5.91 Å². The second kappa shape index (κ2) is 10.8. The summed E-state index contributed by atoms with van der Waals surface area (Å²) in [6.45, 7) is 6.13. The first-order valence-electron chi connectivity index (χ1n) is 13.5. The van der Waals surface area contributed by atoms with Crippen LogP contribution in [0.25, 0.3) is 11.1 Å². The third kappa shape index (κ3) is 5.76. The van der Waals surface area contributed by atoms with Crippen molar-refractivity contribution in [2.45, 2.75) is 46.0 Å². The highest BCUT2D eigenvalue weighted by Crippen LogP contribution is 2.41. The Morgan fingerprint density at radius 1 is 1.07 bits per heavy atom. The molecule has 2 fully saturated rings. The number of nitrogens with zero attached hydrogens (tertiary/aromatic N) is 4. The highest BCUT2D eigenvalue weighted by molar-refractivity contribution is 6.45. The van der Waals surface area contributed by atoms with Crippen LogP contribution in [0.15, 0.2) is 54.9 Å². The minimum Gasteiger partial charge on any atom is -0.478 e. The van der Waals surface area contributed by atoms with Crippen molar-refractivity contribution in [2.75, 3.05) is 24.5 Å². The summed E-state index contributed by atoms with van der Waals surface area (Å²) in [5, 5.41) is 13.5. The van der Waals surface area contributed by atoms with Gasteiger partial charge in [-0.25, -0.2) is 4.79 Å². The van der Waals surface area contributed by atoms with Crippen molar-refractivity contribution in [3.63, 3.8) is 0 Å². The van der Waals surface area contributed by atoms with E-state index in [1.165, 1.54) is 41.3 Å². The first-order valence-corrected chi connectivity index (χ1v) is 13.5. The van der Waals surface area contributed by atoms with Crippen LogP contribution in [0.5, 0.6) is 0 Å². The van der Waals surface area contributed by atoms with Crippen LogP contribution in [-0.4, -0.2) is 57.1 Å². The SMILES string of the molecule is CC(C)Cn1cc(-c2ccc(C(F)(F)F)cc2CN2CCC3(CC2)CN(c2ccc(C(=O)O)cc2)C(=O)C3=O)cn1. The van der Waals surface area contributed by atoms with Gasteiger partial charge in [-0.05, 0) is 79.4 Å². The Bertz CT molecular complexity index is 1470. The highest BCUT2D eigenvalue weighted by atomic mass is 19.4. The zero-order chi connectivity index (χ0) is 29.5. The van der Waals surface area contributed by atoms with Gasteiger partial charge in [0.2, 0.25) is 5.78 Å². The van der Waals surface area contributed by atoms with Crippen molar-refractivity contribution in [3.8, 4) is 11.1 Å². The summed E-state index contributed by atoms with van der Waals surface area (Å²) in [4.78, 5) is 40.6. The molecule has 2 aliphatic heterocycles. The lowest BCUT2D eigenvalue weighted by atomic mass is 9.76. The molecule has 0 bridgehead atoms. The van der Waals surface area contributed by atoms with Crippen LogP contribution in [0.3, 0.4) is 0 Å². The lowest BCUT2D eigenvalue weighted by Crippen LogP contribution is -2.44. The third-order valence-electron chi connectivity index (χ3n) is 7.94. The molecule has 0 radical (unpaired) electrons. The van der Waals surface area contributed by atoms with Crippen LogP contribution in [-0.2, 0) is 28.9 Å². The van der Waals surface area contributed by atoms with E-state index in [2.05, 4.69) is 18.9 Å². The fourth-order valence-corrected chi connectivity index (χ4v) is 5.71. The highest BCUT2D eigenvalue weighted by Gasteiger charge is 2.53. The summed E-state index contributed by atoms with van der Waals surface area (Å²) in [7, 11) is 0. The smallest absolute Gasteiger partial charge is 0.416 e. The number of amides is 1. The number of anilines is 1. The van der Waals surface area contributed by atoms with E-state index in [4.69, 9.17) is 5.11 Å². The lowest BCUT2D eigenvalue weighted by molar-refractivity contribution is -0.139. The zero-order valence-electron chi connectivity index (χ0n) is 22.8. The van der Waals surface area contributed by atoms with E-state index in [0.717, 1.165) is 11.6 Å². The summed E-state index contributed by atoms with van der Waals surface area (Å²) >= 11 is 0. The molecule has 3 heterocycles. The molecular weight excluding hydrogens is 537 g/mol. The molecule has 216 valence electrons. The first-order chi connectivity index (χ1) is 19.4. The molecule has 41 heavy (non-hydrogen) atoms. The van der Waals surface area contributed by atoms with Crippen LogP contribution in [0.2, 0.25) is 0 Å². The van der Waals surface area contributed by atoms with Gasteiger partial charge in [-0.2, -0.15) is 18.3 Å². The Kier molecular flexibility index (Phi) is 7.50. The maximum absolute atomic E-state index is 13.6. The van der Waals surface area contributed by atoms with Crippen molar-refractivity contribution in [1.29, 1.82) is 0 Å². The number of Topliss-reactive ketones (excluding diaryl/α,β-unsaturated/α-hetero) is 1. The molecule has 0 aliphatic carbocycles. The molecule has 1 amide bonds. The molecule has 2 aromatic carbocycles. The number of carboxylic acids is 1. The summed E-state index contributed by atoms with van der Waals surface area (Å²) in [5.41, 5.74) is 0.873. The number of carbonyl (C=O) groups is 3. The molecule has 1 N–H and O–H groups in total. The number of carboxylic acid groups (broad SMARTS) is 1. The number of halogens is 3. The summed E-state index contributed by atoms with van der Waals surface area (Å²) in [5.74, 6) is -1.82. The fraction of sp³-hybridized carbons (Fsp3) is 0.400. The van der Waals surface area contributed by atoms with Crippen molar-refractivity contribution in [3.05, 3.63) is 71.5 Å². The van der Waals surface area contributed by atoms with Crippen molar-refractivity contribution < 1.29 is 32.7 Å². The number of hydrogen-bond acceptors (Lipinski definition) is 5. The van der Waals surface area contributed by atoms with Crippen LogP contribution >= 0.6 is 0 Å². The number of ketones is 1. The van der Waals surface area contributed by atoms with Gasteiger partial charge in [0.1, 0.15) is 0 Å². The zero-order valence-corrected chi connectivity index (χ0v) is 22.8. The Morgan fingerprint density at radius 2 is 1.76 bits per heavy atom. The van der Waals surface area contributed by atoms with Gasteiger partial charge in [0.15, 0.2) is 0 Å². The molecule has 3 aromatic rings. The van der Waals surface area contributed by atoms with Gasteiger partial charge >= 0.3 is 12.1 Å². The maximum Gasteiger partial charge on any atom is 0.416 e. The van der Waals surface area contributed by atoms with E-state index in [1.54, 1.807) is 10.9 Å². The maximum atomic E-state index is 13.6. The van der Waals surface area contributed by atoms with E-state index in [9.17, 15) is 27.6 Å². The first kappa shape index (κ1) is 28.5. The largest absolute Gasteiger partial charge is 0.478 e. The standard InChI is InChI=1S/C30H31F3N4O4/c1-19(2)15-36-17-22(14-34-36)25-8-5-23(30(31,32)33)13-21(25)16-35-11-9-29(10-12-35)18-37(27(39)26(29)38)24-6-3-20(4-7-24)28(40)41/h3-8,13-14,17,19H,9-12,15-16,18H2,1-2H3,(H,40,41). The summed E-state index contributed by atoms with van der Waals surface area (Å²) < 4.78 is 42.6. The van der Waals surface area contributed by atoms with E-state index < -0.39 is 34.8 Å². The number of benzene rings is 2. The Hall–Kier alpha value is -3.99. The predicted molar refractivity (Wildman–Crippen MR) is 145 cm³/mol. The van der Waals surface area contributed by atoms with Crippen molar-refractivity contribution >= 4 is 23.3 Å². The number of carbonyl (C=O) groups excluding carboxylic acids is 2. The lowest BCUT2D eigenvalue weighted by Gasteiger charge is -2.37. The van der Waals surface area contributed by atoms with E-state index >= 15 is 0 Å². The monoisotopic (exact) mass is 568 g/mol. The Morgan fingerprint density at radius 3 is 2.37 bits per heavy atom. The number of aromatic nitrogens is 2.